The minimum atomic E-state index is -1.28. The first-order valence-electron chi connectivity index (χ1n) is 5.71. The number of nitro groups is 1. The molecule has 0 bridgehead atoms. The largest absolute Gasteiger partial charge is 0.478 e. The van der Waals surface area contributed by atoms with Gasteiger partial charge in [-0.25, -0.2) is 4.79 Å². The normalized spacial score (nSPS) is 10.1. The first-order chi connectivity index (χ1) is 9.88. The third kappa shape index (κ3) is 3.03. The molecule has 1 amide bonds. The number of aryl methyl sites for hydroxylation is 1. The number of amides is 1. The molecule has 0 aliphatic heterocycles. The number of non-ortho nitro benzene ring substituents is 1. The molecule has 0 unspecified atom stereocenters. The van der Waals surface area contributed by atoms with Gasteiger partial charge in [0.2, 0.25) is 0 Å². The number of aromatic carboxylic acids is 1. The second kappa shape index (κ2) is 5.41. The lowest BCUT2D eigenvalue weighted by Crippen LogP contribution is -2.16. The van der Waals surface area contributed by atoms with Gasteiger partial charge < -0.3 is 10.4 Å². The molecule has 2 rings (SSSR count). The van der Waals surface area contributed by atoms with Gasteiger partial charge >= 0.3 is 5.97 Å². The maximum Gasteiger partial charge on any atom is 0.339 e. The fourth-order valence-corrected chi connectivity index (χ4v) is 1.70. The van der Waals surface area contributed by atoms with Crippen LogP contribution in [0.3, 0.4) is 0 Å². The highest BCUT2D eigenvalue weighted by Gasteiger charge is 2.21. The number of carbonyl (C=O) groups is 2. The van der Waals surface area contributed by atoms with Gasteiger partial charge in [-0.1, -0.05) is 6.07 Å². The van der Waals surface area contributed by atoms with Crippen LogP contribution < -0.4 is 5.32 Å². The molecule has 0 fully saturated rings. The second-order valence-corrected chi connectivity index (χ2v) is 4.13. The summed E-state index contributed by atoms with van der Waals surface area (Å²) in [5.74, 6) is -2.04. The molecular weight excluding hydrogens is 280 g/mol. The monoisotopic (exact) mass is 290 g/mol. The molecular formula is C12H10N4O5. The van der Waals surface area contributed by atoms with Gasteiger partial charge in [0.15, 0.2) is 5.69 Å². The van der Waals surface area contributed by atoms with E-state index in [0.717, 1.165) is 0 Å². The van der Waals surface area contributed by atoms with Gasteiger partial charge in [0.05, 0.1) is 4.92 Å². The number of hydrogen-bond donors (Lipinski definition) is 2. The molecule has 0 spiro atoms. The topological polar surface area (TPSA) is 127 Å². The van der Waals surface area contributed by atoms with Crippen molar-refractivity contribution in [3.05, 3.63) is 51.8 Å². The van der Waals surface area contributed by atoms with Crippen molar-refractivity contribution in [2.45, 2.75) is 0 Å². The average Bonchev–Trinajstić information content (AvgIpc) is 2.81. The molecule has 0 atom stereocenters. The van der Waals surface area contributed by atoms with Crippen LogP contribution >= 0.6 is 0 Å². The highest BCUT2D eigenvalue weighted by Crippen LogP contribution is 2.18. The van der Waals surface area contributed by atoms with E-state index in [0.29, 0.717) is 0 Å². The van der Waals surface area contributed by atoms with E-state index in [1.54, 1.807) is 0 Å². The maximum absolute atomic E-state index is 12.0. The van der Waals surface area contributed by atoms with Crippen molar-refractivity contribution in [1.82, 2.24) is 9.78 Å². The van der Waals surface area contributed by atoms with Crippen molar-refractivity contribution in [2.24, 2.45) is 7.05 Å². The Bertz CT molecular complexity index is 737. The van der Waals surface area contributed by atoms with E-state index < -0.39 is 16.8 Å². The zero-order valence-corrected chi connectivity index (χ0v) is 10.8. The summed E-state index contributed by atoms with van der Waals surface area (Å²) in [4.78, 5) is 33.1. The van der Waals surface area contributed by atoms with Crippen molar-refractivity contribution >= 4 is 23.3 Å². The molecule has 2 N–H and O–H groups in total. The Hall–Kier alpha value is -3.23. The number of rotatable bonds is 4. The van der Waals surface area contributed by atoms with Gasteiger partial charge in [0, 0.05) is 31.1 Å². The summed E-state index contributed by atoms with van der Waals surface area (Å²) >= 11 is 0. The van der Waals surface area contributed by atoms with Crippen LogP contribution in [0.5, 0.6) is 0 Å². The zero-order chi connectivity index (χ0) is 15.6. The Kier molecular flexibility index (Phi) is 3.65. The van der Waals surface area contributed by atoms with E-state index in [-0.39, 0.29) is 22.6 Å². The van der Waals surface area contributed by atoms with Crippen LogP contribution in [0, 0.1) is 10.1 Å². The Morgan fingerprint density at radius 2 is 2.14 bits per heavy atom. The highest BCUT2D eigenvalue weighted by molar-refractivity contribution is 6.09. The number of hydrogen-bond acceptors (Lipinski definition) is 5. The van der Waals surface area contributed by atoms with Crippen LogP contribution in [0.1, 0.15) is 20.8 Å². The van der Waals surface area contributed by atoms with Gasteiger partial charge in [-0.05, 0) is 6.07 Å². The number of carboxylic acid groups (broad SMARTS) is 1. The van der Waals surface area contributed by atoms with E-state index in [1.165, 1.54) is 42.2 Å². The smallest absolute Gasteiger partial charge is 0.339 e. The van der Waals surface area contributed by atoms with Crippen LogP contribution in [0.25, 0.3) is 0 Å². The molecule has 0 aliphatic carbocycles. The Balaban J connectivity index is 2.28. The molecule has 1 aromatic heterocycles. The standard InChI is InChI=1S/C12H10N4O5/c1-15-6-9(12(18)19)10(14-15)11(17)13-7-3-2-4-8(5-7)16(20)21/h2-6H,1H3,(H,13,17)(H,18,19). The quantitative estimate of drug-likeness (QED) is 0.644. The summed E-state index contributed by atoms with van der Waals surface area (Å²) in [5, 5.41) is 25.8. The van der Waals surface area contributed by atoms with E-state index in [4.69, 9.17) is 5.11 Å². The molecule has 0 saturated carbocycles. The van der Waals surface area contributed by atoms with Crippen LogP contribution in [0.2, 0.25) is 0 Å². The van der Waals surface area contributed by atoms with Crippen LogP contribution in [-0.4, -0.2) is 31.7 Å². The van der Waals surface area contributed by atoms with Gasteiger partial charge in [-0.15, -0.1) is 0 Å². The van der Waals surface area contributed by atoms with Gasteiger partial charge in [0.25, 0.3) is 11.6 Å². The first kappa shape index (κ1) is 14.2. The van der Waals surface area contributed by atoms with E-state index in [2.05, 4.69) is 10.4 Å². The van der Waals surface area contributed by atoms with Crippen molar-refractivity contribution in [3.8, 4) is 0 Å². The number of nitro benzene ring substituents is 1. The number of nitrogens with zero attached hydrogens (tertiary/aromatic N) is 3. The minimum absolute atomic E-state index is 0.177. The van der Waals surface area contributed by atoms with E-state index >= 15 is 0 Å². The van der Waals surface area contributed by atoms with Crippen molar-refractivity contribution in [2.75, 3.05) is 5.32 Å². The fourth-order valence-electron chi connectivity index (χ4n) is 1.70. The molecule has 9 heteroatoms. The Labute approximate surface area is 118 Å². The van der Waals surface area contributed by atoms with E-state index in [1.807, 2.05) is 0 Å². The molecule has 0 saturated heterocycles. The Morgan fingerprint density at radius 1 is 1.43 bits per heavy atom. The summed E-state index contributed by atoms with van der Waals surface area (Å²) in [6.07, 6.45) is 1.20. The summed E-state index contributed by atoms with van der Waals surface area (Å²) in [6.45, 7) is 0. The third-order valence-electron chi connectivity index (χ3n) is 2.59. The number of benzene rings is 1. The third-order valence-corrected chi connectivity index (χ3v) is 2.59. The number of anilines is 1. The van der Waals surface area contributed by atoms with Crippen molar-refractivity contribution in [1.29, 1.82) is 0 Å². The number of carbonyl (C=O) groups excluding carboxylic acids is 1. The lowest BCUT2D eigenvalue weighted by atomic mass is 10.2. The predicted octanol–water partition coefficient (Wildman–Crippen LogP) is 1.28. The summed E-state index contributed by atoms with van der Waals surface area (Å²) < 4.78 is 1.20. The fraction of sp³-hybridized carbons (Fsp3) is 0.0833. The Morgan fingerprint density at radius 3 is 2.76 bits per heavy atom. The lowest BCUT2D eigenvalue weighted by molar-refractivity contribution is -0.384. The van der Waals surface area contributed by atoms with E-state index in [9.17, 15) is 19.7 Å². The lowest BCUT2D eigenvalue weighted by Gasteiger charge is -2.03. The van der Waals surface area contributed by atoms with Crippen LogP contribution in [0.15, 0.2) is 30.5 Å². The van der Waals surface area contributed by atoms with Crippen LogP contribution in [-0.2, 0) is 7.05 Å². The average molecular weight is 290 g/mol. The second-order valence-electron chi connectivity index (χ2n) is 4.13. The summed E-state index contributed by atoms with van der Waals surface area (Å²) in [6, 6.07) is 5.30. The molecule has 108 valence electrons. The minimum Gasteiger partial charge on any atom is -0.478 e. The highest BCUT2D eigenvalue weighted by atomic mass is 16.6. The number of carboxylic acids is 1. The molecule has 1 aromatic carbocycles. The predicted molar refractivity (Wildman–Crippen MR) is 71.2 cm³/mol. The molecule has 21 heavy (non-hydrogen) atoms. The zero-order valence-electron chi connectivity index (χ0n) is 10.8. The first-order valence-corrected chi connectivity index (χ1v) is 5.71. The number of nitrogens with one attached hydrogen (secondary N) is 1. The van der Waals surface area contributed by atoms with Gasteiger partial charge in [0.1, 0.15) is 5.56 Å². The number of aromatic nitrogens is 2. The van der Waals surface area contributed by atoms with Crippen molar-refractivity contribution in [3.63, 3.8) is 0 Å². The van der Waals surface area contributed by atoms with Crippen molar-refractivity contribution < 1.29 is 19.6 Å². The molecule has 9 nitrogen and oxygen atoms in total. The maximum atomic E-state index is 12.0. The van der Waals surface area contributed by atoms with Gasteiger partial charge in [-0.3, -0.25) is 19.6 Å². The van der Waals surface area contributed by atoms with Gasteiger partial charge in [-0.2, -0.15) is 5.10 Å². The SMILES string of the molecule is Cn1cc(C(=O)O)c(C(=O)Nc2cccc([N+](=O)[O-])c2)n1. The molecule has 0 aliphatic rings. The summed E-state index contributed by atoms with van der Waals surface area (Å²) in [7, 11) is 1.48. The summed E-state index contributed by atoms with van der Waals surface area (Å²) in [5.41, 5.74) is -0.527. The molecule has 1 heterocycles. The van der Waals surface area contributed by atoms with Crippen LogP contribution in [0.4, 0.5) is 11.4 Å². The molecule has 2 aromatic rings. The molecule has 0 radical (unpaired) electrons.